The molecule has 0 aliphatic heterocycles. The molecule has 184 valence electrons. The predicted octanol–water partition coefficient (Wildman–Crippen LogP) is -0.217. The van der Waals surface area contributed by atoms with Crippen molar-refractivity contribution in [3.8, 4) is 0 Å². The number of rotatable bonds is 15. The molecule has 7 N–H and O–H groups in total. The van der Waals surface area contributed by atoms with Crippen molar-refractivity contribution in [3.05, 3.63) is 0 Å². The number of amides is 3. The summed E-state index contributed by atoms with van der Waals surface area (Å²) in [5, 5.41) is 25.7. The fourth-order valence-corrected chi connectivity index (χ4v) is 3.28. The van der Waals surface area contributed by atoms with Gasteiger partial charge in [-0.05, 0) is 36.7 Å². The van der Waals surface area contributed by atoms with Crippen molar-refractivity contribution in [2.75, 3.05) is 12.0 Å². The van der Waals surface area contributed by atoms with Crippen LogP contribution in [0, 0.1) is 11.8 Å². The summed E-state index contributed by atoms with van der Waals surface area (Å²) in [5.74, 6) is -4.30. The molecule has 0 aliphatic carbocycles. The number of carboxylic acids is 2. The van der Waals surface area contributed by atoms with E-state index >= 15 is 0 Å². The van der Waals surface area contributed by atoms with Crippen LogP contribution in [0.25, 0.3) is 0 Å². The lowest BCUT2D eigenvalue weighted by atomic mass is 10.0. The molecule has 4 unspecified atom stereocenters. The van der Waals surface area contributed by atoms with Crippen molar-refractivity contribution < 1.29 is 34.2 Å². The summed E-state index contributed by atoms with van der Waals surface area (Å²) in [5.41, 5.74) is 5.56. The quantitative estimate of drug-likeness (QED) is 0.186. The minimum Gasteiger partial charge on any atom is -0.481 e. The number of carbonyl (C=O) groups excluding carboxylic acids is 3. The highest BCUT2D eigenvalue weighted by molar-refractivity contribution is 7.98. The van der Waals surface area contributed by atoms with Gasteiger partial charge in [0.2, 0.25) is 17.7 Å². The Balaban J connectivity index is 5.39. The Morgan fingerprint density at radius 3 is 1.88 bits per heavy atom. The van der Waals surface area contributed by atoms with E-state index in [1.54, 1.807) is 13.8 Å². The smallest absolute Gasteiger partial charge is 0.326 e. The van der Waals surface area contributed by atoms with Gasteiger partial charge in [-0.3, -0.25) is 19.2 Å². The lowest BCUT2D eigenvalue weighted by Crippen LogP contribution is -2.58. The molecule has 4 atom stereocenters. The van der Waals surface area contributed by atoms with Crippen LogP contribution in [0.5, 0.6) is 0 Å². The minimum atomic E-state index is -1.33. The molecule has 32 heavy (non-hydrogen) atoms. The molecule has 11 nitrogen and oxygen atoms in total. The summed E-state index contributed by atoms with van der Waals surface area (Å²) in [6.07, 6.45) is 1.72. The summed E-state index contributed by atoms with van der Waals surface area (Å²) < 4.78 is 0. The molecule has 0 bridgehead atoms. The third-order valence-corrected chi connectivity index (χ3v) is 5.19. The van der Waals surface area contributed by atoms with Crippen LogP contribution in [-0.4, -0.2) is 76.0 Å². The van der Waals surface area contributed by atoms with E-state index in [9.17, 15) is 29.1 Å². The topological polar surface area (TPSA) is 188 Å². The Bertz CT molecular complexity index is 672. The van der Waals surface area contributed by atoms with Crippen LogP contribution in [0.15, 0.2) is 0 Å². The van der Waals surface area contributed by atoms with E-state index < -0.39 is 60.2 Å². The minimum absolute atomic E-state index is 0.0335. The standard InChI is InChI=1S/C20H36N4O7S/c1-10(2)8-14(20(30)31)23-18(28)13(6-7-32-5)22-19(29)16(11(3)4)24-17(27)12(21)9-15(25)26/h10-14,16H,6-9,21H2,1-5H3,(H,22,29)(H,23,28)(H,24,27)(H,25,26)(H,30,31). The summed E-state index contributed by atoms with van der Waals surface area (Å²) >= 11 is 1.46. The third-order valence-electron chi connectivity index (χ3n) is 4.54. The van der Waals surface area contributed by atoms with E-state index in [0.717, 1.165) is 0 Å². The first-order chi connectivity index (χ1) is 14.8. The van der Waals surface area contributed by atoms with Gasteiger partial charge in [-0.1, -0.05) is 27.7 Å². The normalized spacial score (nSPS) is 14.9. The van der Waals surface area contributed by atoms with Crippen LogP contribution in [0.3, 0.4) is 0 Å². The van der Waals surface area contributed by atoms with Gasteiger partial charge in [0, 0.05) is 0 Å². The number of hydrogen-bond acceptors (Lipinski definition) is 7. The Kier molecular flexibility index (Phi) is 13.6. The Morgan fingerprint density at radius 1 is 0.875 bits per heavy atom. The highest BCUT2D eigenvalue weighted by Crippen LogP contribution is 2.09. The van der Waals surface area contributed by atoms with Crippen LogP contribution in [0.4, 0.5) is 0 Å². The van der Waals surface area contributed by atoms with E-state index in [4.69, 9.17) is 10.8 Å². The summed E-state index contributed by atoms with van der Waals surface area (Å²) in [7, 11) is 0. The first-order valence-electron chi connectivity index (χ1n) is 10.4. The van der Waals surface area contributed by atoms with Gasteiger partial charge in [-0.15, -0.1) is 0 Å². The lowest BCUT2D eigenvalue weighted by molar-refractivity contribution is -0.142. The molecule has 0 fully saturated rings. The molecule has 12 heteroatoms. The number of carbonyl (C=O) groups is 5. The van der Waals surface area contributed by atoms with Crippen LogP contribution < -0.4 is 21.7 Å². The molecular formula is C20H36N4O7S. The molecule has 0 aromatic rings. The number of carboxylic acid groups (broad SMARTS) is 2. The molecule has 0 aromatic carbocycles. The molecule has 0 saturated carbocycles. The molecule has 0 aliphatic rings. The third kappa shape index (κ3) is 11.3. The summed E-state index contributed by atoms with van der Waals surface area (Å²) in [6, 6.07) is -4.48. The van der Waals surface area contributed by atoms with Crippen LogP contribution in [0.1, 0.15) is 47.0 Å². The first kappa shape index (κ1) is 29.7. The van der Waals surface area contributed by atoms with Gasteiger partial charge in [-0.2, -0.15) is 11.8 Å². The summed E-state index contributed by atoms with van der Waals surface area (Å²) in [4.78, 5) is 60.0. The van der Waals surface area contributed by atoms with E-state index in [1.165, 1.54) is 11.8 Å². The maximum absolute atomic E-state index is 12.9. The lowest BCUT2D eigenvalue weighted by Gasteiger charge is -2.27. The monoisotopic (exact) mass is 476 g/mol. The first-order valence-corrected chi connectivity index (χ1v) is 11.8. The molecule has 0 radical (unpaired) electrons. The number of nitrogens with two attached hydrogens (primary N) is 1. The van der Waals surface area contributed by atoms with Crippen molar-refractivity contribution in [2.45, 2.75) is 71.1 Å². The summed E-state index contributed by atoms with van der Waals surface area (Å²) in [6.45, 7) is 7.01. The zero-order chi connectivity index (χ0) is 25.0. The second-order valence-electron chi connectivity index (χ2n) is 8.31. The number of nitrogens with one attached hydrogen (secondary N) is 3. The van der Waals surface area contributed by atoms with Crippen molar-refractivity contribution in [1.29, 1.82) is 0 Å². The Hall–Kier alpha value is -2.34. The van der Waals surface area contributed by atoms with Crippen molar-refractivity contribution in [2.24, 2.45) is 17.6 Å². The average molecular weight is 477 g/mol. The van der Waals surface area contributed by atoms with Gasteiger partial charge in [-0.25, -0.2) is 4.79 Å². The van der Waals surface area contributed by atoms with Gasteiger partial charge in [0.1, 0.15) is 18.1 Å². The molecule has 0 heterocycles. The van der Waals surface area contributed by atoms with Crippen LogP contribution >= 0.6 is 11.8 Å². The maximum atomic E-state index is 12.9. The number of thioether (sulfide) groups is 1. The fourth-order valence-electron chi connectivity index (χ4n) is 2.81. The van der Waals surface area contributed by atoms with E-state index in [1.807, 2.05) is 20.1 Å². The fraction of sp³-hybridized carbons (Fsp3) is 0.750. The van der Waals surface area contributed by atoms with Gasteiger partial charge >= 0.3 is 11.9 Å². The second-order valence-corrected chi connectivity index (χ2v) is 9.29. The van der Waals surface area contributed by atoms with Crippen molar-refractivity contribution in [1.82, 2.24) is 16.0 Å². The molecular weight excluding hydrogens is 440 g/mol. The zero-order valence-corrected chi connectivity index (χ0v) is 20.0. The van der Waals surface area contributed by atoms with Gasteiger partial charge in [0.15, 0.2) is 0 Å². The second kappa shape index (κ2) is 14.7. The van der Waals surface area contributed by atoms with Crippen LogP contribution in [0.2, 0.25) is 0 Å². The van der Waals surface area contributed by atoms with Gasteiger partial charge in [0.05, 0.1) is 12.5 Å². The van der Waals surface area contributed by atoms with Gasteiger partial charge < -0.3 is 31.9 Å². The number of aliphatic carboxylic acids is 2. The molecule has 0 aromatic heterocycles. The number of hydrogen-bond donors (Lipinski definition) is 6. The average Bonchev–Trinajstić information content (AvgIpc) is 2.66. The largest absolute Gasteiger partial charge is 0.481 e. The highest BCUT2D eigenvalue weighted by Gasteiger charge is 2.32. The zero-order valence-electron chi connectivity index (χ0n) is 19.2. The highest BCUT2D eigenvalue weighted by atomic mass is 32.2. The van der Waals surface area contributed by atoms with E-state index in [0.29, 0.717) is 5.75 Å². The molecule has 0 rings (SSSR count). The molecule has 0 spiro atoms. The predicted molar refractivity (Wildman–Crippen MR) is 121 cm³/mol. The van der Waals surface area contributed by atoms with E-state index in [-0.39, 0.29) is 24.7 Å². The van der Waals surface area contributed by atoms with Gasteiger partial charge in [0.25, 0.3) is 0 Å². The maximum Gasteiger partial charge on any atom is 0.326 e. The van der Waals surface area contributed by atoms with E-state index in [2.05, 4.69) is 16.0 Å². The van der Waals surface area contributed by atoms with Crippen molar-refractivity contribution >= 4 is 41.4 Å². The SMILES string of the molecule is CSCCC(NC(=O)C(NC(=O)C(N)CC(=O)O)C(C)C)C(=O)NC(CC(C)C)C(=O)O. The Labute approximate surface area is 192 Å². The van der Waals surface area contributed by atoms with Crippen molar-refractivity contribution in [3.63, 3.8) is 0 Å². The molecule has 3 amide bonds. The Morgan fingerprint density at radius 2 is 1.44 bits per heavy atom. The van der Waals surface area contributed by atoms with Crippen LogP contribution in [-0.2, 0) is 24.0 Å². The molecule has 0 saturated heterocycles.